The van der Waals surface area contributed by atoms with Crippen LogP contribution in [0.5, 0.6) is 0 Å². The van der Waals surface area contributed by atoms with Crippen LogP contribution in [-0.4, -0.2) is 32.5 Å². The van der Waals surface area contributed by atoms with E-state index in [1.54, 1.807) is 6.20 Å². The van der Waals surface area contributed by atoms with E-state index in [9.17, 15) is 9.59 Å². The summed E-state index contributed by atoms with van der Waals surface area (Å²) in [5.74, 6) is -0.309. The van der Waals surface area contributed by atoms with E-state index in [2.05, 4.69) is 10.4 Å². The Morgan fingerprint density at radius 2 is 2.26 bits per heavy atom. The van der Waals surface area contributed by atoms with Crippen LogP contribution < -0.4 is 5.32 Å². The molecule has 1 aromatic heterocycles. The van der Waals surface area contributed by atoms with Crippen molar-refractivity contribution in [2.75, 3.05) is 11.1 Å². The van der Waals surface area contributed by atoms with Crippen LogP contribution in [0.25, 0.3) is 0 Å². The molecule has 2 aromatic rings. The summed E-state index contributed by atoms with van der Waals surface area (Å²) in [6.07, 6.45) is 3.53. The van der Waals surface area contributed by atoms with Gasteiger partial charge in [0, 0.05) is 18.0 Å². The fraction of sp³-hybridized carbons (Fsp3) is 0.312. The predicted octanol–water partition coefficient (Wildman–Crippen LogP) is 2.40. The van der Waals surface area contributed by atoms with Crippen molar-refractivity contribution in [2.24, 2.45) is 0 Å². The van der Waals surface area contributed by atoms with Crippen molar-refractivity contribution < 1.29 is 14.7 Å². The van der Waals surface area contributed by atoms with E-state index in [0.29, 0.717) is 17.0 Å². The Kier molecular flexibility index (Phi) is 4.66. The number of benzene rings is 1. The molecule has 23 heavy (non-hydrogen) atoms. The lowest BCUT2D eigenvalue weighted by atomic mass is 10.1. The van der Waals surface area contributed by atoms with E-state index >= 15 is 0 Å². The lowest BCUT2D eigenvalue weighted by Gasteiger charge is -2.07. The Hall–Kier alpha value is -2.28. The number of rotatable bonds is 6. The molecule has 120 valence electrons. The van der Waals surface area contributed by atoms with Crippen molar-refractivity contribution in [3.05, 3.63) is 47.3 Å². The average molecular weight is 331 g/mol. The van der Waals surface area contributed by atoms with Gasteiger partial charge in [-0.15, -0.1) is 11.8 Å². The van der Waals surface area contributed by atoms with Crippen LogP contribution in [0.15, 0.2) is 30.5 Å². The standard InChI is InChI=1S/C16H17N3O3S/c20-15(21)10-23-9-11-3-1-4-12(7-11)18-16(22)13-8-17-19-6-2-5-14(13)19/h1,3-4,7-8H,2,5-6,9-10H2,(H,18,22)(H,20,21). The molecule has 0 aliphatic carbocycles. The second-order valence-electron chi connectivity index (χ2n) is 5.37. The molecule has 1 amide bonds. The first-order valence-electron chi connectivity index (χ1n) is 7.38. The van der Waals surface area contributed by atoms with Gasteiger partial charge in [0.05, 0.1) is 23.2 Å². The first-order chi connectivity index (χ1) is 11.1. The van der Waals surface area contributed by atoms with Crippen LogP contribution in [0, 0.1) is 0 Å². The third-order valence-electron chi connectivity index (χ3n) is 3.66. The number of carboxylic acids is 1. The van der Waals surface area contributed by atoms with Crippen LogP contribution in [0.1, 0.15) is 28.0 Å². The highest BCUT2D eigenvalue weighted by Crippen LogP contribution is 2.21. The normalized spacial score (nSPS) is 12.9. The molecule has 2 N–H and O–H groups in total. The van der Waals surface area contributed by atoms with Gasteiger partial charge in [-0.05, 0) is 30.5 Å². The maximum absolute atomic E-state index is 12.4. The van der Waals surface area contributed by atoms with Crippen LogP contribution in [0.2, 0.25) is 0 Å². The van der Waals surface area contributed by atoms with Gasteiger partial charge in [-0.25, -0.2) is 0 Å². The van der Waals surface area contributed by atoms with E-state index in [4.69, 9.17) is 5.11 Å². The summed E-state index contributed by atoms with van der Waals surface area (Å²) >= 11 is 1.33. The van der Waals surface area contributed by atoms with Gasteiger partial charge in [-0.1, -0.05) is 12.1 Å². The van der Waals surface area contributed by atoms with E-state index in [1.165, 1.54) is 11.8 Å². The molecule has 1 aliphatic heterocycles. The molecule has 0 bridgehead atoms. The number of carbonyl (C=O) groups excluding carboxylic acids is 1. The minimum atomic E-state index is -0.825. The Bertz CT molecular complexity index is 742. The third kappa shape index (κ3) is 3.73. The van der Waals surface area contributed by atoms with Crippen LogP contribution in [0.4, 0.5) is 5.69 Å². The van der Waals surface area contributed by atoms with Gasteiger partial charge in [0.25, 0.3) is 5.91 Å². The number of aromatic nitrogens is 2. The lowest BCUT2D eigenvalue weighted by molar-refractivity contribution is -0.133. The van der Waals surface area contributed by atoms with E-state index in [1.807, 2.05) is 28.9 Å². The number of thioether (sulfide) groups is 1. The number of anilines is 1. The molecule has 0 saturated heterocycles. The molecule has 2 heterocycles. The Balaban J connectivity index is 1.65. The quantitative estimate of drug-likeness (QED) is 0.849. The molecule has 0 spiro atoms. The maximum Gasteiger partial charge on any atom is 0.313 e. The first kappa shape index (κ1) is 15.6. The van der Waals surface area contributed by atoms with E-state index < -0.39 is 5.97 Å². The largest absolute Gasteiger partial charge is 0.481 e. The zero-order valence-electron chi connectivity index (χ0n) is 12.5. The van der Waals surface area contributed by atoms with Gasteiger partial charge < -0.3 is 10.4 Å². The molecule has 1 aliphatic rings. The number of nitrogens with zero attached hydrogens (tertiary/aromatic N) is 2. The molecule has 0 unspecified atom stereocenters. The molecule has 7 heteroatoms. The molecule has 0 saturated carbocycles. The summed E-state index contributed by atoms with van der Waals surface area (Å²) in [6.45, 7) is 0.874. The number of nitrogens with one attached hydrogen (secondary N) is 1. The van der Waals surface area contributed by atoms with E-state index in [-0.39, 0.29) is 11.7 Å². The Morgan fingerprint density at radius 1 is 1.39 bits per heavy atom. The number of carboxylic acid groups (broad SMARTS) is 1. The number of aliphatic carboxylic acids is 1. The van der Waals surface area contributed by atoms with E-state index in [0.717, 1.165) is 30.6 Å². The molecule has 0 radical (unpaired) electrons. The third-order valence-corrected chi connectivity index (χ3v) is 4.64. The fourth-order valence-corrected chi connectivity index (χ4v) is 3.34. The van der Waals surface area contributed by atoms with Crippen LogP contribution in [0.3, 0.4) is 0 Å². The molecule has 0 atom stereocenters. The highest BCUT2D eigenvalue weighted by Gasteiger charge is 2.21. The number of carbonyl (C=O) groups is 2. The summed E-state index contributed by atoms with van der Waals surface area (Å²) in [4.78, 5) is 22.9. The highest BCUT2D eigenvalue weighted by molar-refractivity contribution is 7.99. The number of hydrogen-bond acceptors (Lipinski definition) is 4. The average Bonchev–Trinajstić information content (AvgIpc) is 3.09. The Morgan fingerprint density at radius 3 is 3.09 bits per heavy atom. The van der Waals surface area contributed by atoms with Gasteiger partial charge in [-0.3, -0.25) is 14.3 Å². The van der Waals surface area contributed by atoms with Gasteiger partial charge >= 0.3 is 5.97 Å². The van der Waals surface area contributed by atoms with Crippen molar-refractivity contribution in [1.29, 1.82) is 0 Å². The summed E-state index contributed by atoms with van der Waals surface area (Å²) in [6, 6.07) is 7.47. The second kappa shape index (κ2) is 6.87. The summed E-state index contributed by atoms with van der Waals surface area (Å²) in [5, 5.41) is 15.8. The number of fused-ring (bicyclic) bond motifs is 1. The monoisotopic (exact) mass is 331 g/mol. The SMILES string of the molecule is O=C(O)CSCc1cccc(NC(=O)c2cnn3c2CCC3)c1. The van der Waals surface area contributed by atoms with Gasteiger partial charge in [-0.2, -0.15) is 5.10 Å². The summed E-state index contributed by atoms with van der Waals surface area (Å²) in [5.41, 5.74) is 3.32. The molecule has 0 fully saturated rings. The van der Waals surface area contributed by atoms with Crippen LogP contribution in [-0.2, 0) is 23.5 Å². The van der Waals surface area contributed by atoms with Crippen molar-refractivity contribution in [2.45, 2.75) is 25.1 Å². The molecular formula is C16H17N3O3S. The Labute approximate surface area is 137 Å². The lowest BCUT2D eigenvalue weighted by Crippen LogP contribution is -2.13. The maximum atomic E-state index is 12.4. The van der Waals surface area contributed by atoms with Crippen molar-refractivity contribution in [3.63, 3.8) is 0 Å². The van der Waals surface area contributed by atoms with Gasteiger partial charge in [0.1, 0.15) is 0 Å². The first-order valence-corrected chi connectivity index (χ1v) is 8.53. The van der Waals surface area contributed by atoms with Crippen molar-refractivity contribution in [3.8, 4) is 0 Å². The zero-order valence-corrected chi connectivity index (χ0v) is 13.3. The second-order valence-corrected chi connectivity index (χ2v) is 6.36. The molecule has 3 rings (SSSR count). The summed E-state index contributed by atoms with van der Waals surface area (Å²) in [7, 11) is 0. The minimum absolute atomic E-state index is 0.0686. The minimum Gasteiger partial charge on any atom is -0.481 e. The predicted molar refractivity (Wildman–Crippen MR) is 88.7 cm³/mol. The highest BCUT2D eigenvalue weighted by atomic mass is 32.2. The number of hydrogen-bond donors (Lipinski definition) is 2. The number of amides is 1. The van der Waals surface area contributed by atoms with Crippen molar-refractivity contribution in [1.82, 2.24) is 9.78 Å². The number of aryl methyl sites for hydroxylation is 1. The van der Waals surface area contributed by atoms with Crippen LogP contribution >= 0.6 is 11.8 Å². The summed E-state index contributed by atoms with van der Waals surface area (Å²) < 4.78 is 1.88. The smallest absolute Gasteiger partial charge is 0.313 e. The molecule has 6 nitrogen and oxygen atoms in total. The zero-order chi connectivity index (χ0) is 16.2. The molecule has 1 aromatic carbocycles. The fourth-order valence-electron chi connectivity index (χ4n) is 2.65. The topological polar surface area (TPSA) is 84.2 Å². The molecular weight excluding hydrogens is 314 g/mol. The van der Waals surface area contributed by atoms with Crippen molar-refractivity contribution >= 4 is 29.3 Å². The van der Waals surface area contributed by atoms with Gasteiger partial charge in [0.15, 0.2) is 0 Å². The van der Waals surface area contributed by atoms with Gasteiger partial charge in [0.2, 0.25) is 0 Å².